The molecule has 3 N–H and O–H groups in total. The number of hydrogen-bond acceptors (Lipinski definition) is 6. The summed E-state index contributed by atoms with van der Waals surface area (Å²) in [6.45, 7) is 37.9. The molecule has 432 valence electrons. The van der Waals surface area contributed by atoms with Gasteiger partial charge in [0.2, 0.25) is 0 Å². The number of amides is 6. The van der Waals surface area contributed by atoms with Crippen LogP contribution in [0.3, 0.4) is 0 Å². The molecule has 0 saturated heterocycles. The molecular weight excluding hydrogens is 943 g/mol. The van der Waals surface area contributed by atoms with Crippen LogP contribution in [0, 0.1) is 32.5 Å². The van der Waals surface area contributed by atoms with Gasteiger partial charge in [0.15, 0.2) is 0 Å². The summed E-state index contributed by atoms with van der Waals surface area (Å²) >= 11 is 0. The Morgan fingerprint density at radius 3 is 0.773 bits per heavy atom. The van der Waals surface area contributed by atoms with Gasteiger partial charge in [0.1, 0.15) is 0 Å². The largest absolute Gasteiger partial charge is 0.337 e. The maximum Gasteiger partial charge on any atom is 0.336 e. The lowest BCUT2D eigenvalue weighted by atomic mass is 9.62. The molecule has 6 unspecified atom stereocenters. The van der Waals surface area contributed by atoms with E-state index in [0.717, 1.165) is 96.3 Å². The first kappa shape index (κ1) is 63.8. The van der Waals surface area contributed by atoms with Gasteiger partial charge in [-0.2, -0.15) is 0 Å². The Labute approximate surface area is 454 Å². The van der Waals surface area contributed by atoms with Gasteiger partial charge in [-0.1, -0.05) is 142 Å². The number of unbranched alkanes of at least 4 members (excludes halogenated alkanes) is 6. The van der Waals surface area contributed by atoms with E-state index in [9.17, 15) is 14.4 Å². The van der Waals surface area contributed by atoms with E-state index in [1.807, 2.05) is 14.7 Å². The SMILES string of the molecule is CCCCN(CCCC)C(=O)NCC1(C)CC(n2c(=O)n(C3CC(C)(C)CC(C)(CNC(=O)N(CCCC)CCCC)C3)c(=O)n(C3CC(C)(C)CC(C)(CNC(=O)N(CCCC)CCCC)C3)c2=O)CC(C)(C)C1. The van der Waals surface area contributed by atoms with E-state index >= 15 is 14.4 Å². The number of nitrogens with one attached hydrogen (secondary N) is 3. The Balaban J connectivity index is 1.87. The van der Waals surface area contributed by atoms with Crippen molar-refractivity contribution in [2.45, 2.75) is 257 Å². The molecule has 0 aliphatic heterocycles. The van der Waals surface area contributed by atoms with Crippen molar-refractivity contribution in [1.29, 1.82) is 0 Å². The fourth-order valence-electron chi connectivity index (χ4n) is 14.5. The average Bonchev–Trinajstić information content (AvgIpc) is 3.30. The number of rotatable bonds is 27. The van der Waals surface area contributed by atoms with Gasteiger partial charge in [0, 0.05) is 77.0 Å². The van der Waals surface area contributed by atoms with Gasteiger partial charge in [-0.25, -0.2) is 42.5 Å². The molecule has 3 aliphatic carbocycles. The van der Waals surface area contributed by atoms with Crippen LogP contribution in [0.2, 0.25) is 0 Å². The maximum absolute atomic E-state index is 15.8. The van der Waals surface area contributed by atoms with Crippen LogP contribution in [-0.2, 0) is 0 Å². The highest BCUT2D eigenvalue weighted by molar-refractivity contribution is 5.75. The van der Waals surface area contributed by atoms with Crippen LogP contribution in [0.4, 0.5) is 14.4 Å². The molecule has 15 nitrogen and oxygen atoms in total. The lowest BCUT2D eigenvalue weighted by Crippen LogP contribution is -2.61. The zero-order valence-corrected chi connectivity index (χ0v) is 50.6. The van der Waals surface area contributed by atoms with Crippen molar-refractivity contribution in [1.82, 2.24) is 44.4 Å². The van der Waals surface area contributed by atoms with Gasteiger partial charge in [-0.3, -0.25) is 0 Å². The smallest absolute Gasteiger partial charge is 0.336 e. The monoisotopic (exact) mass is 1050 g/mol. The van der Waals surface area contributed by atoms with Gasteiger partial charge in [-0.15, -0.1) is 0 Å². The first-order chi connectivity index (χ1) is 35.1. The van der Waals surface area contributed by atoms with E-state index in [-0.39, 0.29) is 34.3 Å². The van der Waals surface area contributed by atoms with Gasteiger partial charge in [-0.05, 0) is 129 Å². The van der Waals surface area contributed by atoms with E-state index in [1.54, 1.807) is 0 Å². The van der Waals surface area contributed by atoms with Crippen LogP contribution < -0.4 is 33.0 Å². The lowest BCUT2D eigenvalue weighted by molar-refractivity contribution is 0.0343. The van der Waals surface area contributed by atoms with E-state index in [2.05, 4.69) is 120 Å². The summed E-state index contributed by atoms with van der Waals surface area (Å²) in [5.41, 5.74) is -3.99. The molecule has 15 heteroatoms. The van der Waals surface area contributed by atoms with Crippen molar-refractivity contribution in [3.63, 3.8) is 0 Å². The fourth-order valence-corrected chi connectivity index (χ4v) is 14.5. The Kier molecular flexibility index (Phi) is 23.5. The van der Waals surface area contributed by atoms with Crippen LogP contribution in [0.15, 0.2) is 14.4 Å². The van der Waals surface area contributed by atoms with Crippen LogP contribution >= 0.6 is 0 Å². The third-order valence-corrected chi connectivity index (χ3v) is 17.1. The van der Waals surface area contributed by atoms with E-state index < -0.39 is 51.4 Å². The third-order valence-electron chi connectivity index (χ3n) is 17.1. The normalized spacial score (nSPS) is 26.0. The predicted octanol–water partition coefficient (Wildman–Crippen LogP) is 12.3. The topological polar surface area (TPSA) is 163 Å². The molecule has 3 saturated carbocycles. The number of hydrogen-bond donors (Lipinski definition) is 3. The highest BCUT2D eigenvalue weighted by Crippen LogP contribution is 2.53. The number of urea groups is 3. The molecule has 6 amide bonds. The van der Waals surface area contributed by atoms with Crippen molar-refractivity contribution in [2.24, 2.45) is 32.5 Å². The van der Waals surface area contributed by atoms with E-state index in [0.29, 0.717) is 97.4 Å². The minimum atomic E-state index is -0.565. The highest BCUT2D eigenvalue weighted by Gasteiger charge is 2.48. The van der Waals surface area contributed by atoms with Crippen molar-refractivity contribution in [3.05, 3.63) is 31.5 Å². The molecule has 75 heavy (non-hydrogen) atoms. The van der Waals surface area contributed by atoms with Gasteiger partial charge in [0.25, 0.3) is 0 Å². The average molecular weight is 1050 g/mol. The molecule has 0 aromatic carbocycles. The van der Waals surface area contributed by atoms with Crippen LogP contribution in [0.25, 0.3) is 0 Å². The Bertz CT molecular complexity index is 1890. The summed E-state index contributed by atoms with van der Waals surface area (Å²) in [6, 6.07) is -1.84. The molecule has 0 bridgehead atoms. The minimum absolute atomic E-state index is 0.0753. The molecule has 3 fully saturated rings. The molecule has 1 aromatic heterocycles. The molecule has 0 radical (unpaired) electrons. The third kappa shape index (κ3) is 18.1. The Hall–Kier alpha value is -3.78. The summed E-state index contributed by atoms with van der Waals surface area (Å²) in [7, 11) is 0. The quantitative estimate of drug-likeness (QED) is 0.0794. The molecule has 3 aliphatic rings. The predicted molar refractivity (Wildman–Crippen MR) is 308 cm³/mol. The standard InChI is InChI=1S/C60H111N9O6/c1-16-22-28-64(29-23-17-2)49(70)61-43-58(13)37-46(34-55(7,8)40-58)67-52(73)68(47-35-56(9,10)41-59(14,38-47)44-62-50(71)65(30-24-18-3)31-25-19-4)54(75)69(53(67)74)48-36-57(11,12)42-60(15,39-48)45-63-51(72)66(32-26-20-5)33-27-21-6/h46-48H,16-45H2,1-15H3,(H,61,70)(H,62,71)(H,63,72). The summed E-state index contributed by atoms with van der Waals surface area (Å²) < 4.78 is 4.37. The van der Waals surface area contributed by atoms with Crippen LogP contribution in [0.1, 0.15) is 257 Å². The van der Waals surface area contributed by atoms with Crippen molar-refractivity contribution in [3.8, 4) is 0 Å². The van der Waals surface area contributed by atoms with Gasteiger partial charge >= 0.3 is 35.2 Å². The zero-order valence-electron chi connectivity index (χ0n) is 50.6. The minimum Gasteiger partial charge on any atom is -0.337 e. The summed E-state index contributed by atoms with van der Waals surface area (Å²) in [5, 5.41) is 9.93. The number of carbonyl (C=O) groups excluding carboxylic acids is 3. The number of carbonyl (C=O) groups is 3. The molecule has 0 spiro atoms. The number of aromatic nitrogens is 3. The lowest BCUT2D eigenvalue weighted by Gasteiger charge is -2.49. The first-order valence-electron chi connectivity index (χ1n) is 30.2. The number of nitrogens with zero attached hydrogens (tertiary/aromatic N) is 6. The van der Waals surface area contributed by atoms with Gasteiger partial charge in [0.05, 0.1) is 0 Å². The molecule has 4 rings (SSSR count). The van der Waals surface area contributed by atoms with Crippen molar-refractivity contribution < 1.29 is 14.4 Å². The van der Waals surface area contributed by atoms with E-state index in [1.165, 1.54) is 13.7 Å². The second-order valence-electron chi connectivity index (χ2n) is 27.7. The highest BCUT2D eigenvalue weighted by atomic mass is 16.2. The molecule has 1 aromatic rings. The van der Waals surface area contributed by atoms with Crippen molar-refractivity contribution in [2.75, 3.05) is 58.9 Å². The van der Waals surface area contributed by atoms with Gasteiger partial charge < -0.3 is 30.7 Å². The maximum atomic E-state index is 15.8. The summed E-state index contributed by atoms with van der Waals surface area (Å²) in [5.74, 6) is 0. The van der Waals surface area contributed by atoms with E-state index in [4.69, 9.17) is 0 Å². The second kappa shape index (κ2) is 27.7. The first-order valence-corrected chi connectivity index (χ1v) is 30.2. The molecular formula is C60H111N9O6. The molecule has 1 heterocycles. The van der Waals surface area contributed by atoms with Crippen LogP contribution in [-0.4, -0.2) is 105 Å². The van der Waals surface area contributed by atoms with Crippen LogP contribution in [0.5, 0.6) is 0 Å². The Morgan fingerprint density at radius 2 is 0.587 bits per heavy atom. The van der Waals surface area contributed by atoms with Crippen molar-refractivity contribution >= 4 is 18.1 Å². The zero-order chi connectivity index (χ0) is 56.0. The Morgan fingerprint density at radius 1 is 0.387 bits per heavy atom. The molecule has 6 atom stereocenters. The fraction of sp³-hybridized carbons (Fsp3) is 0.900. The summed E-state index contributed by atoms with van der Waals surface area (Å²) in [6.07, 6.45) is 17.0. The second-order valence-corrected chi connectivity index (χ2v) is 27.7. The summed E-state index contributed by atoms with van der Waals surface area (Å²) in [4.78, 5) is 94.7.